The van der Waals surface area contributed by atoms with E-state index in [1.165, 1.54) is 12.1 Å². The van der Waals surface area contributed by atoms with Crippen LogP contribution in [0.2, 0.25) is 0 Å². The largest absolute Gasteiger partial charge is 0.322 e. The van der Waals surface area contributed by atoms with Crippen molar-refractivity contribution in [1.82, 2.24) is 0 Å². The molecule has 0 fully saturated rings. The lowest BCUT2D eigenvalue weighted by molar-refractivity contribution is -0.384. The van der Waals surface area contributed by atoms with Crippen molar-refractivity contribution in [3.8, 4) is 0 Å². The number of non-ortho nitro benzene ring substituents is 1. The van der Waals surface area contributed by atoms with Crippen LogP contribution < -0.4 is 5.32 Å². The van der Waals surface area contributed by atoms with Gasteiger partial charge in [0.25, 0.3) is 11.6 Å². The number of benzene rings is 2. The molecule has 1 amide bonds. The zero-order chi connectivity index (χ0) is 17.0. The maximum Gasteiger partial charge on any atom is 0.269 e. The van der Waals surface area contributed by atoms with E-state index in [9.17, 15) is 14.9 Å². The Morgan fingerprint density at radius 2 is 1.91 bits per heavy atom. The van der Waals surface area contributed by atoms with Gasteiger partial charge in [0.2, 0.25) is 0 Å². The van der Waals surface area contributed by atoms with Crippen LogP contribution in [-0.4, -0.2) is 16.1 Å². The highest BCUT2D eigenvalue weighted by Gasteiger charge is 2.15. The minimum Gasteiger partial charge on any atom is -0.322 e. The molecule has 0 unspecified atom stereocenters. The van der Waals surface area contributed by atoms with Crippen LogP contribution in [0.25, 0.3) is 0 Å². The molecule has 0 aliphatic carbocycles. The van der Waals surface area contributed by atoms with E-state index < -0.39 is 4.92 Å². The molecular formula is C17H18N2O3S. The molecule has 0 aliphatic heterocycles. The topological polar surface area (TPSA) is 72.2 Å². The Morgan fingerprint density at radius 1 is 1.22 bits per heavy atom. The van der Waals surface area contributed by atoms with Crippen molar-refractivity contribution < 1.29 is 9.72 Å². The number of carbonyl (C=O) groups is 1. The third-order valence-electron chi connectivity index (χ3n) is 3.16. The second kappa shape index (κ2) is 7.28. The Bertz CT molecular complexity index is 744. The number of nitrogens with zero attached hydrogens (tertiary/aromatic N) is 1. The molecule has 2 aromatic rings. The van der Waals surface area contributed by atoms with Gasteiger partial charge < -0.3 is 5.32 Å². The van der Waals surface area contributed by atoms with E-state index in [4.69, 9.17) is 0 Å². The highest BCUT2D eigenvalue weighted by molar-refractivity contribution is 8.00. The number of amides is 1. The maximum atomic E-state index is 12.5. The van der Waals surface area contributed by atoms with Gasteiger partial charge in [-0.2, -0.15) is 0 Å². The van der Waals surface area contributed by atoms with E-state index in [0.29, 0.717) is 22.1 Å². The summed E-state index contributed by atoms with van der Waals surface area (Å²) in [6.07, 6.45) is 0. The van der Waals surface area contributed by atoms with Gasteiger partial charge in [-0.1, -0.05) is 26.0 Å². The Balaban J connectivity index is 2.24. The number of carbonyl (C=O) groups excluding carboxylic acids is 1. The van der Waals surface area contributed by atoms with Crippen molar-refractivity contribution in [1.29, 1.82) is 0 Å². The smallest absolute Gasteiger partial charge is 0.269 e. The van der Waals surface area contributed by atoms with Gasteiger partial charge in [-0.05, 0) is 30.7 Å². The molecular weight excluding hydrogens is 312 g/mol. The third-order valence-corrected chi connectivity index (χ3v) is 4.24. The SMILES string of the molecule is Cc1cc([N+](=O)[O-])ccc1NC(=O)c1ccccc1SC(C)C. The molecule has 5 nitrogen and oxygen atoms in total. The van der Waals surface area contributed by atoms with E-state index in [1.54, 1.807) is 30.8 Å². The number of hydrogen-bond acceptors (Lipinski definition) is 4. The molecule has 0 aliphatic rings. The number of nitro groups is 1. The first-order chi connectivity index (χ1) is 10.9. The summed E-state index contributed by atoms with van der Waals surface area (Å²) in [7, 11) is 0. The summed E-state index contributed by atoms with van der Waals surface area (Å²) in [5.41, 5.74) is 1.84. The molecule has 1 N–H and O–H groups in total. The van der Waals surface area contributed by atoms with Crippen molar-refractivity contribution in [2.24, 2.45) is 0 Å². The highest BCUT2D eigenvalue weighted by atomic mass is 32.2. The normalized spacial score (nSPS) is 10.6. The molecule has 0 heterocycles. The number of rotatable bonds is 5. The standard InChI is InChI=1S/C17H18N2O3S/c1-11(2)23-16-7-5-4-6-14(16)17(20)18-15-9-8-13(19(21)22)10-12(15)3/h4-11H,1-3H3,(H,18,20). The third kappa shape index (κ3) is 4.32. The van der Waals surface area contributed by atoms with Crippen LogP contribution in [0.15, 0.2) is 47.4 Å². The fourth-order valence-electron chi connectivity index (χ4n) is 2.10. The molecule has 120 valence electrons. The van der Waals surface area contributed by atoms with Crippen LogP contribution in [0.1, 0.15) is 29.8 Å². The number of aryl methyl sites for hydroxylation is 1. The summed E-state index contributed by atoms with van der Waals surface area (Å²) in [6, 6.07) is 11.8. The fourth-order valence-corrected chi connectivity index (χ4v) is 3.05. The van der Waals surface area contributed by atoms with Gasteiger partial charge in [-0.3, -0.25) is 14.9 Å². The van der Waals surface area contributed by atoms with Crippen molar-refractivity contribution in [3.05, 3.63) is 63.7 Å². The van der Waals surface area contributed by atoms with Crippen LogP contribution in [0.5, 0.6) is 0 Å². The Morgan fingerprint density at radius 3 is 2.52 bits per heavy atom. The summed E-state index contributed by atoms with van der Waals surface area (Å²) in [5.74, 6) is -0.217. The van der Waals surface area contributed by atoms with E-state index >= 15 is 0 Å². The van der Waals surface area contributed by atoms with Crippen LogP contribution in [0, 0.1) is 17.0 Å². The lowest BCUT2D eigenvalue weighted by Gasteiger charge is -2.12. The molecule has 23 heavy (non-hydrogen) atoms. The van der Waals surface area contributed by atoms with Crippen molar-refractivity contribution in [3.63, 3.8) is 0 Å². The molecule has 0 saturated heterocycles. The van der Waals surface area contributed by atoms with Crippen molar-refractivity contribution >= 4 is 29.0 Å². The zero-order valence-electron chi connectivity index (χ0n) is 13.2. The molecule has 0 aromatic heterocycles. The van der Waals surface area contributed by atoms with E-state index in [0.717, 1.165) is 4.90 Å². The summed E-state index contributed by atoms with van der Waals surface area (Å²) in [5, 5.41) is 14.0. The predicted molar refractivity (Wildman–Crippen MR) is 93.2 cm³/mol. The molecule has 0 radical (unpaired) electrons. The lowest BCUT2D eigenvalue weighted by atomic mass is 10.1. The number of nitro benzene ring substituents is 1. The molecule has 0 bridgehead atoms. The van der Waals surface area contributed by atoms with Crippen molar-refractivity contribution in [2.75, 3.05) is 5.32 Å². The first-order valence-electron chi connectivity index (χ1n) is 7.20. The number of anilines is 1. The van der Waals surface area contributed by atoms with Gasteiger partial charge >= 0.3 is 0 Å². The summed E-state index contributed by atoms with van der Waals surface area (Å²) >= 11 is 1.62. The van der Waals surface area contributed by atoms with Crippen molar-refractivity contribution in [2.45, 2.75) is 30.9 Å². The molecule has 2 aromatic carbocycles. The first-order valence-corrected chi connectivity index (χ1v) is 8.08. The summed E-state index contributed by atoms with van der Waals surface area (Å²) in [4.78, 5) is 23.8. The van der Waals surface area contributed by atoms with Crippen LogP contribution in [0.4, 0.5) is 11.4 Å². The Hall–Kier alpha value is -2.34. The monoisotopic (exact) mass is 330 g/mol. The van der Waals surface area contributed by atoms with Crippen LogP contribution >= 0.6 is 11.8 Å². The molecule has 0 spiro atoms. The van der Waals surface area contributed by atoms with E-state index in [1.807, 2.05) is 18.2 Å². The quantitative estimate of drug-likeness (QED) is 0.492. The Labute approximate surface area is 139 Å². The van der Waals surface area contributed by atoms with Gasteiger partial charge in [0.05, 0.1) is 10.5 Å². The minimum absolute atomic E-state index is 0.0104. The second-order valence-corrected chi connectivity index (χ2v) is 6.99. The molecule has 2 rings (SSSR count). The minimum atomic E-state index is -0.451. The number of hydrogen-bond donors (Lipinski definition) is 1. The van der Waals surface area contributed by atoms with Crippen LogP contribution in [-0.2, 0) is 0 Å². The number of nitrogens with one attached hydrogen (secondary N) is 1. The second-order valence-electron chi connectivity index (χ2n) is 5.37. The predicted octanol–water partition coefficient (Wildman–Crippen LogP) is 4.66. The molecule has 0 saturated carbocycles. The highest BCUT2D eigenvalue weighted by Crippen LogP contribution is 2.28. The zero-order valence-corrected chi connectivity index (χ0v) is 14.0. The van der Waals surface area contributed by atoms with E-state index in [-0.39, 0.29) is 11.6 Å². The average molecular weight is 330 g/mol. The van der Waals surface area contributed by atoms with E-state index in [2.05, 4.69) is 19.2 Å². The Kier molecular flexibility index (Phi) is 5.39. The van der Waals surface area contributed by atoms with Crippen LogP contribution in [0.3, 0.4) is 0 Å². The number of thioether (sulfide) groups is 1. The fraction of sp³-hybridized carbons (Fsp3) is 0.235. The van der Waals surface area contributed by atoms with Gasteiger partial charge in [0, 0.05) is 28.0 Å². The maximum absolute atomic E-state index is 12.5. The van der Waals surface area contributed by atoms with Gasteiger partial charge in [0.1, 0.15) is 0 Å². The summed E-state index contributed by atoms with van der Waals surface area (Å²) < 4.78 is 0. The average Bonchev–Trinajstić information content (AvgIpc) is 2.49. The van der Waals surface area contributed by atoms with Gasteiger partial charge in [-0.25, -0.2) is 0 Å². The molecule has 6 heteroatoms. The lowest BCUT2D eigenvalue weighted by Crippen LogP contribution is -2.14. The summed E-state index contributed by atoms with van der Waals surface area (Å²) in [6.45, 7) is 5.87. The first kappa shape index (κ1) is 17.0. The van der Waals surface area contributed by atoms with Gasteiger partial charge in [-0.15, -0.1) is 11.8 Å². The van der Waals surface area contributed by atoms with Gasteiger partial charge in [0.15, 0.2) is 0 Å². The molecule has 0 atom stereocenters.